The highest BCUT2D eigenvalue weighted by Gasteiger charge is 2.40. The van der Waals surface area contributed by atoms with Crippen molar-refractivity contribution in [3.05, 3.63) is 89.8 Å². The van der Waals surface area contributed by atoms with E-state index < -0.39 is 0 Å². The molecule has 0 amide bonds. The highest BCUT2D eigenvalue weighted by atomic mass is 16.3. The van der Waals surface area contributed by atoms with Crippen LogP contribution in [0.25, 0.3) is 11.0 Å². The molecule has 0 spiro atoms. The molecule has 6 heteroatoms. The molecule has 4 heterocycles. The Kier molecular flexibility index (Phi) is 3.47. The molecule has 0 saturated heterocycles. The third-order valence-corrected chi connectivity index (χ3v) is 5.84. The van der Waals surface area contributed by atoms with Crippen LogP contribution in [0.15, 0.2) is 82.9 Å². The maximum atomic E-state index is 13.4. The summed E-state index contributed by atoms with van der Waals surface area (Å²) in [5.41, 5.74) is 4.61. The Balaban J connectivity index is 1.56. The average Bonchev–Trinajstić information content (AvgIpc) is 3.40. The molecular formula is C23H18N4O2. The van der Waals surface area contributed by atoms with Gasteiger partial charge in [-0.3, -0.25) is 14.3 Å². The number of para-hydroxylation sites is 2. The Morgan fingerprint density at radius 2 is 2.00 bits per heavy atom. The number of hydrogen-bond donors (Lipinski definition) is 1. The van der Waals surface area contributed by atoms with Gasteiger partial charge in [0.2, 0.25) is 5.95 Å². The lowest BCUT2D eigenvalue weighted by Crippen LogP contribution is -2.33. The van der Waals surface area contributed by atoms with E-state index in [0.29, 0.717) is 12.8 Å². The monoisotopic (exact) mass is 382 g/mol. The van der Waals surface area contributed by atoms with Gasteiger partial charge in [-0.25, -0.2) is 4.98 Å². The fraction of sp³-hybridized carbons (Fsp3) is 0.174. The number of benzene rings is 1. The smallest absolute Gasteiger partial charge is 0.209 e. The molecule has 3 aromatic heterocycles. The summed E-state index contributed by atoms with van der Waals surface area (Å²) in [5.74, 6) is 1.78. The minimum atomic E-state index is -0.243. The molecule has 2 aliphatic rings. The van der Waals surface area contributed by atoms with Crippen molar-refractivity contribution >= 4 is 22.8 Å². The summed E-state index contributed by atoms with van der Waals surface area (Å²) in [6.07, 6.45) is 6.41. The Labute approximate surface area is 166 Å². The first-order chi connectivity index (χ1) is 14.3. The number of hydrogen-bond acceptors (Lipinski definition) is 5. The number of fused-ring (bicyclic) bond motifs is 3. The second-order valence-electron chi connectivity index (χ2n) is 7.54. The number of allylic oxidation sites excluding steroid dienone is 2. The van der Waals surface area contributed by atoms with Crippen LogP contribution in [0.3, 0.4) is 0 Å². The van der Waals surface area contributed by atoms with Crippen LogP contribution in [0.2, 0.25) is 0 Å². The van der Waals surface area contributed by atoms with Crippen LogP contribution in [0.4, 0.5) is 5.95 Å². The zero-order valence-electron chi connectivity index (χ0n) is 15.6. The number of furan rings is 1. The van der Waals surface area contributed by atoms with Crippen LogP contribution < -0.4 is 5.32 Å². The highest BCUT2D eigenvalue weighted by molar-refractivity contribution is 6.01. The van der Waals surface area contributed by atoms with Crippen molar-refractivity contribution in [3.63, 3.8) is 0 Å². The highest BCUT2D eigenvalue weighted by Crippen LogP contribution is 2.45. The second-order valence-corrected chi connectivity index (χ2v) is 7.54. The Bertz CT molecular complexity index is 1250. The number of nitrogens with one attached hydrogen (secondary N) is 1. The Hall–Kier alpha value is -3.67. The van der Waals surface area contributed by atoms with E-state index in [2.05, 4.69) is 14.9 Å². The summed E-state index contributed by atoms with van der Waals surface area (Å²) in [4.78, 5) is 22.5. The summed E-state index contributed by atoms with van der Waals surface area (Å²) in [5, 5.41) is 3.46. The van der Waals surface area contributed by atoms with Crippen molar-refractivity contribution in [2.45, 2.75) is 24.8 Å². The maximum Gasteiger partial charge on any atom is 0.209 e. The zero-order valence-corrected chi connectivity index (χ0v) is 15.6. The number of rotatable bonds is 2. The van der Waals surface area contributed by atoms with Crippen molar-refractivity contribution in [2.24, 2.45) is 0 Å². The van der Waals surface area contributed by atoms with E-state index in [1.807, 2.05) is 54.7 Å². The molecule has 6 rings (SSSR count). The summed E-state index contributed by atoms with van der Waals surface area (Å²) in [7, 11) is 0. The van der Waals surface area contributed by atoms with Gasteiger partial charge < -0.3 is 9.73 Å². The summed E-state index contributed by atoms with van der Waals surface area (Å²) in [6.45, 7) is 0. The van der Waals surface area contributed by atoms with Crippen molar-refractivity contribution in [3.8, 4) is 0 Å². The normalized spacial score (nSPS) is 21.0. The summed E-state index contributed by atoms with van der Waals surface area (Å²) < 4.78 is 7.72. The molecule has 6 nitrogen and oxygen atoms in total. The number of nitrogens with zero attached hydrogens (tertiary/aromatic N) is 3. The third-order valence-electron chi connectivity index (χ3n) is 5.84. The predicted octanol–water partition coefficient (Wildman–Crippen LogP) is 4.44. The number of ketones is 1. The number of anilines is 1. The molecule has 29 heavy (non-hydrogen) atoms. The van der Waals surface area contributed by atoms with Crippen LogP contribution in [-0.4, -0.2) is 20.3 Å². The first-order valence-corrected chi connectivity index (χ1v) is 9.73. The fourth-order valence-electron chi connectivity index (χ4n) is 4.60. The largest absolute Gasteiger partial charge is 0.469 e. The zero-order chi connectivity index (χ0) is 19.4. The van der Waals surface area contributed by atoms with Crippen LogP contribution >= 0.6 is 0 Å². The van der Waals surface area contributed by atoms with E-state index in [9.17, 15) is 4.79 Å². The standard InChI is InChI=1S/C23H18N4O2/c28-19-12-15(20-8-4-10-29-20)11-17-21(19)22(14-5-3-9-24-13-14)27-18-7-2-1-6-16(18)25-23(27)26-17/h1-10,13,15,22H,11-12H2,(H,25,26). The van der Waals surface area contributed by atoms with Crippen LogP contribution in [-0.2, 0) is 4.79 Å². The molecule has 0 radical (unpaired) electrons. The van der Waals surface area contributed by atoms with Crippen molar-refractivity contribution in [2.75, 3.05) is 5.32 Å². The number of carbonyl (C=O) groups excluding carboxylic acids is 1. The minimum absolute atomic E-state index is 0.0363. The van der Waals surface area contributed by atoms with E-state index in [1.54, 1.807) is 12.5 Å². The van der Waals surface area contributed by atoms with Gasteiger partial charge in [0.05, 0.1) is 23.3 Å². The van der Waals surface area contributed by atoms with Gasteiger partial charge in [0.15, 0.2) is 5.78 Å². The molecule has 2 unspecified atom stereocenters. The van der Waals surface area contributed by atoms with E-state index in [4.69, 9.17) is 9.40 Å². The molecular weight excluding hydrogens is 364 g/mol. The Morgan fingerprint density at radius 3 is 2.83 bits per heavy atom. The summed E-state index contributed by atoms with van der Waals surface area (Å²) >= 11 is 0. The Morgan fingerprint density at radius 1 is 1.07 bits per heavy atom. The molecule has 0 bridgehead atoms. The van der Waals surface area contributed by atoms with Gasteiger partial charge in [-0.05, 0) is 42.3 Å². The molecule has 142 valence electrons. The topological polar surface area (TPSA) is 73.0 Å². The first kappa shape index (κ1) is 16.3. The lowest BCUT2D eigenvalue weighted by atomic mass is 9.79. The number of carbonyl (C=O) groups is 1. The number of Topliss-reactive ketones (excluding diaryl/α,β-unsaturated/α-hetero) is 1. The van der Waals surface area contributed by atoms with Crippen LogP contribution in [0.1, 0.15) is 36.1 Å². The number of aromatic nitrogens is 3. The predicted molar refractivity (Wildman–Crippen MR) is 108 cm³/mol. The second kappa shape index (κ2) is 6.17. The third kappa shape index (κ3) is 2.45. The quantitative estimate of drug-likeness (QED) is 0.555. The van der Waals surface area contributed by atoms with E-state index in [1.165, 1.54) is 0 Å². The van der Waals surface area contributed by atoms with E-state index in [-0.39, 0.29) is 17.7 Å². The van der Waals surface area contributed by atoms with Gasteiger partial charge >= 0.3 is 0 Å². The molecule has 4 aromatic rings. The molecule has 1 N–H and O–H groups in total. The van der Waals surface area contributed by atoms with Crippen LogP contribution in [0, 0.1) is 0 Å². The number of imidazole rings is 1. The van der Waals surface area contributed by atoms with Gasteiger partial charge in [-0.15, -0.1) is 0 Å². The van der Waals surface area contributed by atoms with Crippen molar-refractivity contribution < 1.29 is 9.21 Å². The van der Waals surface area contributed by atoms with Gasteiger partial charge in [0.1, 0.15) is 5.76 Å². The number of pyridine rings is 1. The lowest BCUT2D eigenvalue weighted by Gasteiger charge is -2.35. The van der Waals surface area contributed by atoms with Gasteiger partial charge in [-0.2, -0.15) is 0 Å². The molecule has 0 fully saturated rings. The summed E-state index contributed by atoms with van der Waals surface area (Å²) in [6, 6.07) is 15.5. The van der Waals surface area contributed by atoms with E-state index >= 15 is 0 Å². The lowest BCUT2D eigenvalue weighted by molar-refractivity contribution is -0.116. The molecule has 1 aromatic carbocycles. The SMILES string of the molecule is O=C1CC(c2ccco2)CC2=C1C(c1cccnc1)n1c(nc3ccccc31)N2. The minimum Gasteiger partial charge on any atom is -0.469 e. The van der Waals surface area contributed by atoms with Crippen molar-refractivity contribution in [1.82, 2.24) is 14.5 Å². The van der Waals surface area contributed by atoms with Crippen molar-refractivity contribution in [1.29, 1.82) is 0 Å². The average molecular weight is 382 g/mol. The molecule has 1 aliphatic heterocycles. The molecule has 1 aliphatic carbocycles. The maximum absolute atomic E-state index is 13.4. The molecule has 2 atom stereocenters. The van der Waals surface area contributed by atoms with E-state index in [0.717, 1.165) is 39.6 Å². The van der Waals surface area contributed by atoms with Gasteiger partial charge in [-0.1, -0.05) is 18.2 Å². The first-order valence-electron chi connectivity index (χ1n) is 9.73. The molecule has 0 saturated carbocycles. The van der Waals surface area contributed by atoms with Gasteiger partial charge in [0, 0.05) is 36.0 Å². The van der Waals surface area contributed by atoms with Crippen LogP contribution in [0.5, 0.6) is 0 Å². The van der Waals surface area contributed by atoms with Gasteiger partial charge in [0.25, 0.3) is 0 Å². The fourth-order valence-corrected chi connectivity index (χ4v) is 4.60.